The van der Waals surface area contributed by atoms with Crippen LogP contribution in [0.1, 0.15) is 35.4 Å². The molecule has 2 heterocycles. The quantitative estimate of drug-likeness (QED) is 0.268. The van der Waals surface area contributed by atoms with Crippen LogP contribution in [-0.4, -0.2) is 52.3 Å². The molecule has 3 N–H and O–H groups in total. The van der Waals surface area contributed by atoms with Gasteiger partial charge in [0.2, 0.25) is 0 Å². The van der Waals surface area contributed by atoms with Crippen molar-refractivity contribution in [3.05, 3.63) is 59.2 Å². The molecule has 4 rings (SSSR count). The zero-order chi connectivity index (χ0) is 23.8. The van der Waals surface area contributed by atoms with Crippen LogP contribution in [0.2, 0.25) is 0 Å². The molecule has 11 heteroatoms. The van der Waals surface area contributed by atoms with Crippen molar-refractivity contribution in [2.75, 3.05) is 13.1 Å². The number of carboxylic acid groups (broad SMARTS) is 1. The third kappa shape index (κ3) is 4.30. The van der Waals surface area contributed by atoms with Crippen LogP contribution in [-0.2, 0) is 4.79 Å². The van der Waals surface area contributed by atoms with Crippen LogP contribution in [0.3, 0.4) is 0 Å². The number of oxime groups is 1. The van der Waals surface area contributed by atoms with Crippen molar-refractivity contribution in [1.82, 2.24) is 10.2 Å². The van der Waals surface area contributed by atoms with E-state index in [0.717, 1.165) is 10.5 Å². The number of piperidine rings is 1. The van der Waals surface area contributed by atoms with Gasteiger partial charge in [0, 0.05) is 35.7 Å². The molecule has 2 aliphatic rings. The molecule has 2 aromatic rings. The Bertz CT molecular complexity index is 1110. The Morgan fingerprint density at radius 2 is 1.73 bits per heavy atom. The number of carbonyl (C=O) groups is 2. The van der Waals surface area contributed by atoms with Gasteiger partial charge in [-0.15, -0.1) is 0 Å². The zero-order valence-corrected chi connectivity index (χ0v) is 17.2. The average molecular weight is 463 g/mol. The molecule has 0 radical (unpaired) electrons. The van der Waals surface area contributed by atoms with Crippen molar-refractivity contribution in [1.29, 1.82) is 0 Å². The summed E-state index contributed by atoms with van der Waals surface area (Å²) >= 11 is 0. The Morgan fingerprint density at radius 3 is 2.36 bits per heavy atom. The molecular weight excluding hydrogens is 443 g/mol. The predicted molar refractivity (Wildman–Crippen MR) is 110 cm³/mol. The van der Waals surface area contributed by atoms with Crippen LogP contribution in [0.15, 0.2) is 47.6 Å². The summed E-state index contributed by atoms with van der Waals surface area (Å²) in [7, 11) is 0. The molecule has 1 unspecified atom stereocenters. The number of amides is 2. The van der Waals surface area contributed by atoms with Crippen LogP contribution in [0, 0.1) is 5.92 Å². The lowest BCUT2D eigenvalue weighted by atomic mass is 9.73. The molecule has 0 saturated carbocycles. The molecule has 0 spiro atoms. The van der Waals surface area contributed by atoms with Gasteiger partial charge in [0.05, 0.1) is 0 Å². The molecular formula is C22H20F3N3O5. The molecule has 2 aliphatic heterocycles. The minimum Gasteiger partial charge on any atom is -0.465 e. The SMILES string of the molecule is O=C(O)N/C(=N\O)c1cccc2c1C(C1CCN(C(=O)C(F)(F)F)CC1)c1ccccc1O2. The van der Waals surface area contributed by atoms with Gasteiger partial charge in [-0.1, -0.05) is 35.5 Å². The molecule has 1 saturated heterocycles. The van der Waals surface area contributed by atoms with Crippen molar-refractivity contribution in [2.45, 2.75) is 24.9 Å². The van der Waals surface area contributed by atoms with E-state index in [2.05, 4.69) is 10.5 Å². The minimum absolute atomic E-state index is 0.0612. The normalized spacial score (nSPS) is 18.7. The Morgan fingerprint density at radius 1 is 1.06 bits per heavy atom. The van der Waals surface area contributed by atoms with E-state index in [0.29, 0.717) is 35.5 Å². The van der Waals surface area contributed by atoms with Gasteiger partial charge in [0.15, 0.2) is 5.84 Å². The largest absolute Gasteiger partial charge is 0.471 e. The van der Waals surface area contributed by atoms with Gasteiger partial charge in [0.1, 0.15) is 11.5 Å². The van der Waals surface area contributed by atoms with Crippen LogP contribution in [0.25, 0.3) is 0 Å². The second-order valence-corrected chi connectivity index (χ2v) is 7.84. The lowest BCUT2D eigenvalue weighted by Crippen LogP contribution is -2.46. The van der Waals surface area contributed by atoms with E-state index in [-0.39, 0.29) is 30.8 Å². The third-order valence-corrected chi connectivity index (χ3v) is 5.97. The summed E-state index contributed by atoms with van der Waals surface area (Å²) in [6.07, 6.45) is -5.75. The Hall–Kier alpha value is -3.76. The minimum atomic E-state index is -4.92. The molecule has 174 valence electrons. The van der Waals surface area contributed by atoms with E-state index < -0.39 is 18.2 Å². The van der Waals surface area contributed by atoms with Gasteiger partial charge >= 0.3 is 18.2 Å². The average Bonchev–Trinajstić information content (AvgIpc) is 2.79. The highest BCUT2D eigenvalue weighted by molar-refractivity contribution is 6.07. The van der Waals surface area contributed by atoms with Gasteiger partial charge in [-0.3, -0.25) is 10.1 Å². The van der Waals surface area contributed by atoms with E-state index in [1.807, 2.05) is 12.1 Å². The molecule has 0 bridgehead atoms. The first-order chi connectivity index (χ1) is 15.7. The number of amidine groups is 1. The number of para-hydroxylation sites is 1. The maximum Gasteiger partial charge on any atom is 0.471 e. The number of halogens is 3. The third-order valence-electron chi connectivity index (χ3n) is 5.97. The second kappa shape index (κ2) is 8.64. The summed E-state index contributed by atoms with van der Waals surface area (Å²) < 4.78 is 44.6. The van der Waals surface area contributed by atoms with Crippen molar-refractivity contribution in [3.63, 3.8) is 0 Å². The van der Waals surface area contributed by atoms with Gasteiger partial charge in [-0.2, -0.15) is 13.2 Å². The number of carbonyl (C=O) groups excluding carboxylic acids is 1. The van der Waals surface area contributed by atoms with E-state index in [4.69, 9.17) is 9.84 Å². The second-order valence-electron chi connectivity index (χ2n) is 7.84. The summed E-state index contributed by atoms with van der Waals surface area (Å²) in [5.41, 5.74) is 1.65. The van der Waals surface area contributed by atoms with Crippen molar-refractivity contribution < 1.29 is 37.8 Å². The monoisotopic (exact) mass is 463 g/mol. The van der Waals surface area contributed by atoms with Gasteiger partial charge in [0.25, 0.3) is 0 Å². The van der Waals surface area contributed by atoms with E-state index in [9.17, 15) is 28.0 Å². The fourth-order valence-electron chi connectivity index (χ4n) is 4.62. The molecule has 2 aromatic carbocycles. The number of hydrogen-bond acceptors (Lipinski definition) is 5. The van der Waals surface area contributed by atoms with Crippen molar-refractivity contribution >= 4 is 17.8 Å². The number of nitrogens with zero attached hydrogens (tertiary/aromatic N) is 2. The Labute approximate surface area is 186 Å². The summed E-state index contributed by atoms with van der Waals surface area (Å²) in [4.78, 5) is 23.7. The van der Waals surface area contributed by atoms with E-state index in [1.54, 1.807) is 30.3 Å². The number of benzene rings is 2. The standard InChI is InChI=1S/C22H20F3N3O5/c23-22(24,25)20(29)28-10-8-12(9-11-28)17-13-4-1-2-6-15(13)33-16-7-3-5-14(18(16)17)19(27-32)26-21(30)31/h1-7,12,17,32H,8-11H2,(H,26,27)(H,30,31). The first kappa shape index (κ1) is 22.4. The smallest absolute Gasteiger partial charge is 0.465 e. The van der Waals surface area contributed by atoms with Crippen molar-refractivity contribution in [2.24, 2.45) is 11.1 Å². The number of hydrogen-bond donors (Lipinski definition) is 3. The highest BCUT2D eigenvalue weighted by Crippen LogP contribution is 2.51. The number of ether oxygens (including phenoxy) is 1. The Balaban J connectivity index is 1.74. The molecule has 1 fully saturated rings. The first-order valence-corrected chi connectivity index (χ1v) is 10.2. The molecule has 0 aliphatic carbocycles. The van der Waals surface area contributed by atoms with Crippen LogP contribution < -0.4 is 10.1 Å². The highest BCUT2D eigenvalue weighted by atomic mass is 19.4. The lowest BCUT2D eigenvalue weighted by Gasteiger charge is -2.40. The topological polar surface area (TPSA) is 111 Å². The Kier molecular flexibility index (Phi) is 5.88. The molecule has 1 atom stereocenters. The maximum absolute atomic E-state index is 12.9. The molecule has 2 amide bonds. The van der Waals surface area contributed by atoms with Crippen LogP contribution in [0.4, 0.5) is 18.0 Å². The lowest BCUT2D eigenvalue weighted by molar-refractivity contribution is -0.186. The summed E-state index contributed by atoms with van der Waals surface area (Å²) in [5, 5.41) is 23.8. The van der Waals surface area contributed by atoms with Gasteiger partial charge < -0.3 is 20.0 Å². The van der Waals surface area contributed by atoms with Crippen LogP contribution >= 0.6 is 0 Å². The van der Waals surface area contributed by atoms with E-state index >= 15 is 0 Å². The zero-order valence-electron chi connectivity index (χ0n) is 17.2. The molecule has 8 nitrogen and oxygen atoms in total. The highest BCUT2D eigenvalue weighted by Gasteiger charge is 2.45. The number of alkyl halides is 3. The molecule has 0 aromatic heterocycles. The van der Waals surface area contributed by atoms with E-state index in [1.165, 1.54) is 0 Å². The van der Waals surface area contributed by atoms with Crippen LogP contribution in [0.5, 0.6) is 11.5 Å². The number of rotatable bonds is 2. The number of fused-ring (bicyclic) bond motifs is 2. The summed E-state index contributed by atoms with van der Waals surface area (Å²) in [6.45, 7) is -0.122. The fourth-order valence-corrected chi connectivity index (χ4v) is 4.62. The number of likely N-dealkylation sites (tertiary alicyclic amines) is 1. The summed E-state index contributed by atoms with van der Waals surface area (Å²) in [6, 6.07) is 12.1. The van der Waals surface area contributed by atoms with Gasteiger partial charge in [-0.05, 0) is 30.9 Å². The van der Waals surface area contributed by atoms with Gasteiger partial charge in [-0.25, -0.2) is 4.79 Å². The fraction of sp³-hybridized carbons (Fsp3) is 0.318. The van der Waals surface area contributed by atoms with Crippen molar-refractivity contribution in [3.8, 4) is 11.5 Å². The summed E-state index contributed by atoms with van der Waals surface area (Å²) in [5.74, 6) is -1.69. The number of nitrogens with one attached hydrogen (secondary N) is 1. The predicted octanol–water partition coefficient (Wildman–Crippen LogP) is 4.13. The first-order valence-electron chi connectivity index (χ1n) is 10.2. The molecule has 33 heavy (non-hydrogen) atoms. The maximum atomic E-state index is 12.9.